The maximum atomic E-state index is 12.9. The van der Waals surface area contributed by atoms with E-state index in [9.17, 15) is 10.1 Å². The van der Waals surface area contributed by atoms with Crippen molar-refractivity contribution in [1.82, 2.24) is 10.3 Å². The number of hydrogen-bond donors (Lipinski definition) is 2. The van der Waals surface area contributed by atoms with Crippen LogP contribution in [0.25, 0.3) is 27.8 Å². The summed E-state index contributed by atoms with van der Waals surface area (Å²) in [6, 6.07) is 28.2. The summed E-state index contributed by atoms with van der Waals surface area (Å²) in [7, 11) is 1.58. The predicted octanol–water partition coefficient (Wildman–Crippen LogP) is 6.90. The maximum Gasteiger partial charge on any atom is 0.261 e. The Morgan fingerprint density at radius 1 is 1.02 bits per heavy atom. The molecule has 0 aliphatic carbocycles. The van der Waals surface area contributed by atoms with Crippen molar-refractivity contribution in [2.45, 2.75) is 19.4 Å². The Hall–Kier alpha value is -5.28. The number of hydrogen-bond acceptors (Lipinski definition) is 4. The highest BCUT2D eigenvalue weighted by atomic mass is 16.5. The number of para-hydroxylation sites is 1. The largest absolute Gasteiger partial charge is 0.493 e. The van der Waals surface area contributed by atoms with E-state index in [0.29, 0.717) is 43.1 Å². The second-order valence-electron chi connectivity index (χ2n) is 9.71. The van der Waals surface area contributed by atoms with Gasteiger partial charge in [0.2, 0.25) is 0 Å². The molecule has 0 unspecified atom stereocenters. The average Bonchev–Trinajstić information content (AvgIpc) is 3.42. The van der Waals surface area contributed by atoms with E-state index in [0.717, 1.165) is 33.0 Å². The summed E-state index contributed by atoms with van der Waals surface area (Å²) in [6.07, 6.45) is 6.49. The number of nitrogens with zero attached hydrogens (tertiary/aromatic N) is 1. The molecule has 0 aliphatic heterocycles. The number of aromatic nitrogens is 1. The van der Waals surface area contributed by atoms with Crippen LogP contribution >= 0.6 is 0 Å². The summed E-state index contributed by atoms with van der Waals surface area (Å²) in [4.78, 5) is 16.1. The number of aromatic amines is 1. The lowest BCUT2D eigenvalue weighted by Crippen LogP contribution is -2.26. The average molecular weight is 542 g/mol. The van der Waals surface area contributed by atoms with E-state index in [2.05, 4.69) is 47.2 Å². The molecular weight excluding hydrogens is 510 g/mol. The van der Waals surface area contributed by atoms with Crippen molar-refractivity contribution in [3.63, 3.8) is 0 Å². The number of carbonyl (C=O) groups is 1. The molecule has 0 saturated heterocycles. The standard InChI is InChI=1S/C35H31N3O3/c1-3-8-28-18-25(19-30(21-36)35(39)37-16-15-29-22-38-32-12-7-6-11-31(29)32)20-33(40-2)34(28)41-23-24-13-14-26-9-4-5-10-27(26)17-24/h3-7,9-14,17-20,22,38H,1,8,15-16,23H2,2H3,(H,37,39)/b30-19-. The van der Waals surface area contributed by atoms with Crippen LogP contribution in [0.1, 0.15) is 22.3 Å². The van der Waals surface area contributed by atoms with Crippen LogP contribution in [0.5, 0.6) is 11.5 Å². The molecule has 0 spiro atoms. The van der Waals surface area contributed by atoms with Crippen LogP contribution in [0.2, 0.25) is 0 Å². The Bertz CT molecular complexity index is 1790. The monoisotopic (exact) mass is 541 g/mol. The number of rotatable bonds is 11. The summed E-state index contributed by atoms with van der Waals surface area (Å²) < 4.78 is 11.9. The molecule has 5 aromatic rings. The molecule has 0 aliphatic rings. The van der Waals surface area contributed by atoms with Crippen molar-refractivity contribution >= 4 is 33.7 Å². The zero-order valence-electron chi connectivity index (χ0n) is 22.9. The number of benzene rings is 4. The lowest BCUT2D eigenvalue weighted by molar-refractivity contribution is -0.117. The Morgan fingerprint density at radius 3 is 2.63 bits per heavy atom. The number of methoxy groups -OCH3 is 1. The third kappa shape index (κ3) is 6.32. The molecule has 5 rings (SSSR count). The summed E-state index contributed by atoms with van der Waals surface area (Å²) in [6.45, 7) is 4.66. The highest BCUT2D eigenvalue weighted by molar-refractivity contribution is 6.01. The highest BCUT2D eigenvalue weighted by Gasteiger charge is 2.15. The molecule has 0 saturated carbocycles. The first-order valence-corrected chi connectivity index (χ1v) is 13.5. The minimum atomic E-state index is -0.423. The van der Waals surface area contributed by atoms with Crippen molar-refractivity contribution in [3.8, 4) is 17.6 Å². The van der Waals surface area contributed by atoms with Crippen LogP contribution in [0.4, 0.5) is 0 Å². The normalized spacial score (nSPS) is 11.3. The number of allylic oxidation sites excluding steroid dienone is 1. The molecule has 6 nitrogen and oxygen atoms in total. The van der Waals surface area contributed by atoms with Crippen LogP contribution in [0, 0.1) is 11.3 Å². The first-order chi connectivity index (χ1) is 20.1. The molecule has 1 amide bonds. The number of amides is 1. The van der Waals surface area contributed by atoms with Gasteiger partial charge in [-0.15, -0.1) is 6.58 Å². The number of carbonyl (C=O) groups excluding carboxylic acids is 1. The fourth-order valence-corrected chi connectivity index (χ4v) is 4.93. The summed E-state index contributed by atoms with van der Waals surface area (Å²) >= 11 is 0. The van der Waals surface area contributed by atoms with E-state index in [1.54, 1.807) is 25.3 Å². The van der Waals surface area contributed by atoms with Crippen molar-refractivity contribution in [2.24, 2.45) is 0 Å². The van der Waals surface area contributed by atoms with Crippen LogP contribution in [0.15, 0.2) is 103 Å². The smallest absolute Gasteiger partial charge is 0.261 e. The zero-order chi connectivity index (χ0) is 28.6. The Labute approximate surface area is 239 Å². The van der Waals surface area contributed by atoms with Crippen LogP contribution < -0.4 is 14.8 Å². The molecule has 0 bridgehead atoms. The van der Waals surface area contributed by atoms with Crippen LogP contribution in [-0.2, 0) is 24.2 Å². The topological polar surface area (TPSA) is 87.1 Å². The van der Waals surface area contributed by atoms with E-state index in [1.807, 2.05) is 54.7 Å². The maximum absolute atomic E-state index is 12.9. The molecule has 0 fully saturated rings. The van der Waals surface area contributed by atoms with Gasteiger partial charge in [-0.2, -0.15) is 5.26 Å². The van der Waals surface area contributed by atoms with Crippen molar-refractivity contribution in [3.05, 3.63) is 126 Å². The van der Waals surface area contributed by atoms with Gasteiger partial charge in [-0.1, -0.05) is 60.7 Å². The van der Waals surface area contributed by atoms with Crippen LogP contribution in [0.3, 0.4) is 0 Å². The van der Waals surface area contributed by atoms with Crippen molar-refractivity contribution in [2.75, 3.05) is 13.7 Å². The molecule has 4 aromatic carbocycles. The lowest BCUT2D eigenvalue weighted by Gasteiger charge is -2.16. The van der Waals surface area contributed by atoms with Gasteiger partial charge in [-0.05, 0) is 70.6 Å². The number of nitriles is 1. The van der Waals surface area contributed by atoms with Gasteiger partial charge in [-0.3, -0.25) is 4.79 Å². The number of ether oxygens (including phenoxy) is 2. The molecule has 41 heavy (non-hydrogen) atoms. The quantitative estimate of drug-likeness (QED) is 0.108. The van der Waals surface area contributed by atoms with E-state index in [-0.39, 0.29) is 5.57 Å². The van der Waals surface area contributed by atoms with Gasteiger partial charge in [0.05, 0.1) is 7.11 Å². The summed E-state index contributed by atoms with van der Waals surface area (Å²) in [5.41, 5.74) is 4.74. The summed E-state index contributed by atoms with van der Waals surface area (Å²) in [5.74, 6) is 0.709. The molecule has 204 valence electrons. The van der Waals surface area contributed by atoms with Crippen molar-refractivity contribution in [1.29, 1.82) is 5.26 Å². The molecular formula is C35H31N3O3. The SMILES string of the molecule is C=CCc1cc(/C=C(/C#N)C(=O)NCCc2c[nH]c3ccccc23)cc(OC)c1OCc1ccc2ccccc2c1. The predicted molar refractivity (Wildman–Crippen MR) is 164 cm³/mol. The fraction of sp³-hybridized carbons (Fsp3) is 0.143. The Balaban J connectivity index is 1.31. The molecule has 6 heteroatoms. The minimum Gasteiger partial charge on any atom is -0.493 e. The lowest BCUT2D eigenvalue weighted by atomic mass is 10.0. The zero-order valence-corrected chi connectivity index (χ0v) is 22.9. The first kappa shape index (κ1) is 27.3. The molecule has 0 atom stereocenters. The van der Waals surface area contributed by atoms with Gasteiger partial charge < -0.3 is 19.8 Å². The first-order valence-electron chi connectivity index (χ1n) is 13.5. The molecule has 1 aromatic heterocycles. The minimum absolute atomic E-state index is 0.0142. The summed E-state index contributed by atoms with van der Waals surface area (Å²) in [5, 5.41) is 16.1. The van der Waals surface area contributed by atoms with E-state index >= 15 is 0 Å². The number of H-pyrrole nitrogens is 1. The van der Waals surface area contributed by atoms with Gasteiger partial charge in [0.25, 0.3) is 5.91 Å². The second-order valence-corrected chi connectivity index (χ2v) is 9.71. The number of fused-ring (bicyclic) bond motifs is 2. The van der Waals surface area contributed by atoms with E-state index in [4.69, 9.17) is 9.47 Å². The van der Waals surface area contributed by atoms with Gasteiger partial charge in [0.1, 0.15) is 18.2 Å². The fourth-order valence-electron chi connectivity index (χ4n) is 4.93. The van der Waals surface area contributed by atoms with Gasteiger partial charge in [0, 0.05) is 29.2 Å². The van der Waals surface area contributed by atoms with Crippen LogP contribution in [-0.4, -0.2) is 24.5 Å². The number of nitrogens with one attached hydrogen (secondary N) is 2. The third-order valence-electron chi connectivity index (χ3n) is 6.97. The Morgan fingerprint density at radius 2 is 1.83 bits per heavy atom. The highest BCUT2D eigenvalue weighted by Crippen LogP contribution is 2.35. The molecule has 0 radical (unpaired) electrons. The van der Waals surface area contributed by atoms with Gasteiger partial charge >= 0.3 is 0 Å². The molecule has 1 heterocycles. The van der Waals surface area contributed by atoms with Gasteiger partial charge in [-0.25, -0.2) is 0 Å². The van der Waals surface area contributed by atoms with Crippen molar-refractivity contribution < 1.29 is 14.3 Å². The van der Waals surface area contributed by atoms with E-state index < -0.39 is 5.91 Å². The second kappa shape index (κ2) is 12.7. The van der Waals surface area contributed by atoms with Gasteiger partial charge in [0.15, 0.2) is 11.5 Å². The van der Waals surface area contributed by atoms with E-state index in [1.165, 1.54) is 5.39 Å². The third-order valence-corrected chi connectivity index (χ3v) is 6.97. The molecule has 2 N–H and O–H groups in total. The Kier molecular flexibility index (Phi) is 8.46.